The van der Waals surface area contributed by atoms with Crippen molar-refractivity contribution in [1.29, 1.82) is 0 Å². The second-order valence-corrected chi connectivity index (χ2v) is 4.42. The molecular formula is C12H12Cl2N2O2. The Labute approximate surface area is 115 Å². The van der Waals surface area contributed by atoms with Crippen molar-refractivity contribution in [2.24, 2.45) is 5.84 Å². The van der Waals surface area contributed by atoms with E-state index in [0.717, 1.165) is 11.1 Å². The minimum atomic E-state index is -0.357. The lowest BCUT2D eigenvalue weighted by Crippen LogP contribution is -2.29. The van der Waals surface area contributed by atoms with Crippen molar-refractivity contribution in [3.05, 3.63) is 51.9 Å². The second kappa shape index (κ2) is 5.63. The Balaban J connectivity index is 2.51. The van der Waals surface area contributed by atoms with E-state index in [1.807, 2.05) is 0 Å². The van der Waals surface area contributed by atoms with Crippen molar-refractivity contribution < 1.29 is 9.15 Å². The van der Waals surface area contributed by atoms with Crippen LogP contribution in [0.15, 0.2) is 34.9 Å². The molecule has 0 radical (unpaired) electrons. The highest BCUT2D eigenvalue weighted by molar-refractivity contribution is 6.30. The van der Waals surface area contributed by atoms with Gasteiger partial charge in [-0.2, -0.15) is 0 Å². The van der Waals surface area contributed by atoms with Crippen LogP contribution in [-0.4, -0.2) is 7.11 Å². The highest BCUT2D eigenvalue weighted by Crippen LogP contribution is 2.35. The summed E-state index contributed by atoms with van der Waals surface area (Å²) in [5.41, 5.74) is 4.19. The van der Waals surface area contributed by atoms with Gasteiger partial charge in [0.2, 0.25) is 0 Å². The van der Waals surface area contributed by atoms with Gasteiger partial charge in [-0.1, -0.05) is 11.6 Å². The van der Waals surface area contributed by atoms with E-state index in [1.54, 1.807) is 31.4 Å². The van der Waals surface area contributed by atoms with E-state index in [0.29, 0.717) is 10.8 Å². The normalized spacial score (nSPS) is 12.4. The number of rotatable bonds is 4. The molecule has 1 aromatic heterocycles. The predicted molar refractivity (Wildman–Crippen MR) is 70.9 cm³/mol. The van der Waals surface area contributed by atoms with E-state index in [-0.39, 0.29) is 11.3 Å². The van der Waals surface area contributed by atoms with Crippen LogP contribution in [-0.2, 0) is 0 Å². The fourth-order valence-corrected chi connectivity index (χ4v) is 2.19. The van der Waals surface area contributed by atoms with Gasteiger partial charge in [-0.15, -0.1) is 0 Å². The highest BCUT2D eigenvalue weighted by atomic mass is 35.5. The quantitative estimate of drug-likeness (QED) is 0.670. The number of nitrogens with two attached hydrogens (primary N) is 1. The molecule has 0 aliphatic heterocycles. The van der Waals surface area contributed by atoms with Gasteiger partial charge in [-0.3, -0.25) is 5.84 Å². The Morgan fingerprint density at radius 3 is 2.61 bits per heavy atom. The van der Waals surface area contributed by atoms with Crippen LogP contribution in [0.2, 0.25) is 10.2 Å². The van der Waals surface area contributed by atoms with E-state index in [4.69, 9.17) is 38.2 Å². The zero-order valence-electron chi connectivity index (χ0n) is 9.61. The van der Waals surface area contributed by atoms with Crippen LogP contribution in [0.5, 0.6) is 5.75 Å². The first kappa shape index (κ1) is 13.2. The molecule has 0 saturated heterocycles. The van der Waals surface area contributed by atoms with Crippen molar-refractivity contribution in [2.75, 3.05) is 7.11 Å². The molecule has 1 aromatic carbocycles. The molecule has 0 amide bonds. The third kappa shape index (κ3) is 2.47. The Morgan fingerprint density at radius 2 is 2.06 bits per heavy atom. The van der Waals surface area contributed by atoms with Crippen molar-refractivity contribution in [3.8, 4) is 5.75 Å². The average molecular weight is 287 g/mol. The fourth-order valence-electron chi connectivity index (χ4n) is 1.79. The molecule has 96 valence electrons. The molecular weight excluding hydrogens is 275 g/mol. The van der Waals surface area contributed by atoms with E-state index < -0.39 is 0 Å². The van der Waals surface area contributed by atoms with Gasteiger partial charge in [0.1, 0.15) is 5.75 Å². The zero-order chi connectivity index (χ0) is 13.1. The largest absolute Gasteiger partial charge is 0.496 e. The standard InChI is InChI=1S/C12H12Cl2N2O2/c1-17-10-3-2-7(13)6-9(10)11(16-15)8-4-5-18-12(8)14/h2-6,11,16H,15H2,1H3. The molecule has 1 atom stereocenters. The van der Waals surface area contributed by atoms with Gasteiger partial charge >= 0.3 is 0 Å². The lowest BCUT2D eigenvalue weighted by molar-refractivity contribution is 0.404. The molecule has 0 spiro atoms. The molecule has 1 heterocycles. The number of halogens is 2. The first-order valence-corrected chi connectivity index (χ1v) is 5.95. The second-order valence-electron chi connectivity index (χ2n) is 3.64. The molecule has 0 saturated carbocycles. The van der Waals surface area contributed by atoms with Gasteiger partial charge < -0.3 is 9.15 Å². The topological polar surface area (TPSA) is 60.4 Å². The third-order valence-electron chi connectivity index (χ3n) is 2.63. The summed E-state index contributed by atoms with van der Waals surface area (Å²) in [6, 6.07) is 6.68. The Morgan fingerprint density at radius 1 is 1.28 bits per heavy atom. The van der Waals surface area contributed by atoms with E-state index >= 15 is 0 Å². The summed E-state index contributed by atoms with van der Waals surface area (Å²) >= 11 is 12.0. The smallest absolute Gasteiger partial charge is 0.198 e. The lowest BCUT2D eigenvalue weighted by atomic mass is 10.0. The van der Waals surface area contributed by atoms with Crippen LogP contribution in [0.25, 0.3) is 0 Å². The minimum Gasteiger partial charge on any atom is -0.496 e. The number of nitrogens with one attached hydrogen (secondary N) is 1. The Hall–Kier alpha value is -1.20. The average Bonchev–Trinajstić information content (AvgIpc) is 2.77. The third-order valence-corrected chi connectivity index (χ3v) is 3.17. The number of benzene rings is 1. The summed E-state index contributed by atoms with van der Waals surface area (Å²) in [7, 11) is 1.58. The molecule has 0 aliphatic rings. The molecule has 2 aromatic rings. The number of methoxy groups -OCH3 is 1. The number of furan rings is 1. The molecule has 6 heteroatoms. The summed E-state index contributed by atoms with van der Waals surface area (Å²) in [5.74, 6) is 6.26. The van der Waals surface area contributed by atoms with E-state index in [1.165, 1.54) is 6.26 Å². The molecule has 0 fully saturated rings. The van der Waals surface area contributed by atoms with Crippen LogP contribution in [0.4, 0.5) is 0 Å². The molecule has 1 unspecified atom stereocenters. The first-order chi connectivity index (χ1) is 8.67. The van der Waals surface area contributed by atoms with Crippen molar-refractivity contribution in [2.45, 2.75) is 6.04 Å². The minimum absolute atomic E-state index is 0.278. The first-order valence-electron chi connectivity index (χ1n) is 5.19. The van der Waals surface area contributed by atoms with Gasteiger partial charge in [-0.05, 0) is 35.9 Å². The summed E-state index contributed by atoms with van der Waals surface area (Å²) < 4.78 is 10.4. The Bertz CT molecular complexity index is 543. The molecule has 0 aliphatic carbocycles. The van der Waals surface area contributed by atoms with E-state index in [2.05, 4.69) is 5.43 Å². The summed E-state index contributed by atoms with van der Waals surface area (Å²) in [5, 5.41) is 0.866. The summed E-state index contributed by atoms with van der Waals surface area (Å²) in [4.78, 5) is 0. The van der Waals surface area contributed by atoms with Crippen LogP contribution < -0.4 is 16.0 Å². The van der Waals surface area contributed by atoms with Crippen molar-refractivity contribution >= 4 is 23.2 Å². The van der Waals surface area contributed by atoms with Crippen LogP contribution in [0.3, 0.4) is 0 Å². The molecule has 18 heavy (non-hydrogen) atoms. The van der Waals surface area contributed by atoms with Crippen molar-refractivity contribution in [3.63, 3.8) is 0 Å². The van der Waals surface area contributed by atoms with Gasteiger partial charge in [0.15, 0.2) is 5.22 Å². The number of hydrogen-bond donors (Lipinski definition) is 2. The van der Waals surface area contributed by atoms with Crippen LogP contribution >= 0.6 is 23.2 Å². The van der Waals surface area contributed by atoms with Crippen LogP contribution in [0.1, 0.15) is 17.2 Å². The lowest BCUT2D eigenvalue weighted by Gasteiger charge is -2.18. The van der Waals surface area contributed by atoms with Gasteiger partial charge in [0, 0.05) is 16.1 Å². The maximum absolute atomic E-state index is 6.00. The number of ether oxygens (including phenoxy) is 1. The monoisotopic (exact) mass is 286 g/mol. The molecule has 0 bridgehead atoms. The highest BCUT2D eigenvalue weighted by Gasteiger charge is 2.21. The SMILES string of the molecule is COc1ccc(Cl)cc1C(NN)c1ccoc1Cl. The van der Waals surface area contributed by atoms with Gasteiger partial charge in [0.05, 0.1) is 19.4 Å². The number of hydrazine groups is 1. The number of hydrogen-bond acceptors (Lipinski definition) is 4. The molecule has 4 nitrogen and oxygen atoms in total. The summed E-state index contributed by atoms with van der Waals surface area (Å²) in [6.07, 6.45) is 1.50. The Kier molecular flexibility index (Phi) is 4.14. The summed E-state index contributed by atoms with van der Waals surface area (Å²) in [6.45, 7) is 0. The van der Waals surface area contributed by atoms with Gasteiger partial charge in [0.25, 0.3) is 0 Å². The van der Waals surface area contributed by atoms with Crippen molar-refractivity contribution in [1.82, 2.24) is 5.43 Å². The molecule has 2 rings (SSSR count). The zero-order valence-corrected chi connectivity index (χ0v) is 11.1. The van der Waals surface area contributed by atoms with E-state index in [9.17, 15) is 0 Å². The maximum atomic E-state index is 6.00. The maximum Gasteiger partial charge on any atom is 0.198 e. The van der Waals surface area contributed by atoms with Crippen LogP contribution in [0, 0.1) is 0 Å². The predicted octanol–water partition coefficient (Wildman–Crippen LogP) is 3.15. The molecule has 3 N–H and O–H groups in total. The van der Waals surface area contributed by atoms with Gasteiger partial charge in [-0.25, -0.2) is 5.43 Å². The fraction of sp³-hybridized carbons (Fsp3) is 0.167.